The number of fused-ring (bicyclic) bond motifs is 1. The summed E-state index contributed by atoms with van der Waals surface area (Å²) in [5, 5.41) is 15.9. The summed E-state index contributed by atoms with van der Waals surface area (Å²) in [6.45, 7) is 0.696. The molecule has 0 saturated heterocycles. The molecule has 3 rings (SSSR count). The van der Waals surface area contributed by atoms with Crippen LogP contribution in [0.4, 0.5) is 5.69 Å². The molecular formula is C20H18N4O2. The van der Waals surface area contributed by atoms with E-state index in [0.717, 1.165) is 22.3 Å². The molecular weight excluding hydrogens is 328 g/mol. The number of nitrogens with zero attached hydrogens (tertiary/aromatic N) is 3. The van der Waals surface area contributed by atoms with Gasteiger partial charge in [0.15, 0.2) is 0 Å². The molecule has 0 bridgehead atoms. The standard InChI is InChI=1S/C20H18N4O2/c1-26-19-10-5-9-17-18(11-13-22-20(17)19)21-12-3-2-6-15-7-4-8-16(24-15)14-23-25/h4-5,7-11,13-14,25H,3,12H2,1H3,(H,21,22). The first-order valence-corrected chi connectivity index (χ1v) is 8.11. The number of methoxy groups -OCH3 is 1. The van der Waals surface area contributed by atoms with Gasteiger partial charge >= 0.3 is 0 Å². The van der Waals surface area contributed by atoms with Crippen LogP contribution in [0.1, 0.15) is 17.8 Å². The SMILES string of the molecule is COc1cccc2c(NCCC#Cc3cccc(C=NO)n3)ccnc12. The minimum atomic E-state index is 0.564. The number of anilines is 1. The molecule has 0 fully saturated rings. The largest absolute Gasteiger partial charge is 0.494 e. The minimum Gasteiger partial charge on any atom is -0.494 e. The van der Waals surface area contributed by atoms with Crippen molar-refractivity contribution in [2.45, 2.75) is 6.42 Å². The molecule has 0 aliphatic heterocycles. The number of nitrogens with one attached hydrogen (secondary N) is 1. The van der Waals surface area contributed by atoms with Gasteiger partial charge in [-0.15, -0.1) is 0 Å². The predicted molar refractivity (Wildman–Crippen MR) is 102 cm³/mol. The van der Waals surface area contributed by atoms with Crippen molar-refractivity contribution in [2.24, 2.45) is 5.16 Å². The molecule has 6 heteroatoms. The van der Waals surface area contributed by atoms with Crippen LogP contribution >= 0.6 is 0 Å². The van der Waals surface area contributed by atoms with Crippen molar-refractivity contribution < 1.29 is 9.94 Å². The molecule has 0 saturated carbocycles. The number of para-hydroxylation sites is 1. The lowest BCUT2D eigenvalue weighted by molar-refractivity contribution is 0.321. The normalized spacial score (nSPS) is 10.5. The van der Waals surface area contributed by atoms with Crippen LogP contribution in [0.5, 0.6) is 5.75 Å². The molecule has 0 aliphatic rings. The van der Waals surface area contributed by atoms with Crippen LogP contribution in [-0.2, 0) is 0 Å². The van der Waals surface area contributed by atoms with Crippen molar-refractivity contribution in [2.75, 3.05) is 19.0 Å². The Morgan fingerprint density at radius 2 is 2.12 bits per heavy atom. The van der Waals surface area contributed by atoms with Crippen molar-refractivity contribution in [3.63, 3.8) is 0 Å². The maximum Gasteiger partial charge on any atom is 0.145 e. The smallest absolute Gasteiger partial charge is 0.145 e. The van der Waals surface area contributed by atoms with E-state index in [1.54, 1.807) is 19.4 Å². The van der Waals surface area contributed by atoms with Gasteiger partial charge < -0.3 is 15.3 Å². The minimum absolute atomic E-state index is 0.564. The Balaban J connectivity index is 1.65. The second kappa shape index (κ2) is 8.49. The molecule has 26 heavy (non-hydrogen) atoms. The molecule has 2 N–H and O–H groups in total. The number of aromatic nitrogens is 2. The summed E-state index contributed by atoms with van der Waals surface area (Å²) in [6, 6.07) is 13.2. The molecule has 3 aromatic rings. The number of benzene rings is 1. The van der Waals surface area contributed by atoms with Crippen LogP contribution in [0.2, 0.25) is 0 Å². The number of rotatable bonds is 5. The molecule has 0 amide bonds. The van der Waals surface area contributed by atoms with E-state index in [1.165, 1.54) is 6.21 Å². The van der Waals surface area contributed by atoms with E-state index >= 15 is 0 Å². The third-order valence-corrected chi connectivity index (χ3v) is 3.70. The highest BCUT2D eigenvalue weighted by molar-refractivity contribution is 5.94. The first kappa shape index (κ1) is 17.2. The first-order chi connectivity index (χ1) is 12.8. The van der Waals surface area contributed by atoms with Gasteiger partial charge in [0, 0.05) is 30.2 Å². The molecule has 1 aromatic carbocycles. The number of pyridine rings is 2. The zero-order valence-electron chi connectivity index (χ0n) is 14.3. The third kappa shape index (κ3) is 4.08. The van der Waals surface area contributed by atoms with E-state index in [4.69, 9.17) is 9.94 Å². The number of oxime groups is 1. The van der Waals surface area contributed by atoms with Gasteiger partial charge in [0.05, 0.1) is 19.0 Å². The molecule has 6 nitrogen and oxygen atoms in total. The van der Waals surface area contributed by atoms with Crippen molar-refractivity contribution in [3.8, 4) is 17.6 Å². The molecule has 0 radical (unpaired) electrons. The highest BCUT2D eigenvalue weighted by Crippen LogP contribution is 2.28. The van der Waals surface area contributed by atoms with Crippen molar-refractivity contribution in [3.05, 3.63) is 60.0 Å². The monoisotopic (exact) mass is 346 g/mol. The van der Waals surface area contributed by atoms with Crippen LogP contribution in [-0.4, -0.2) is 35.0 Å². The molecule has 130 valence electrons. The van der Waals surface area contributed by atoms with Gasteiger partial charge in [0.1, 0.15) is 17.0 Å². The van der Waals surface area contributed by atoms with Crippen molar-refractivity contribution in [1.29, 1.82) is 0 Å². The van der Waals surface area contributed by atoms with E-state index in [2.05, 4.69) is 32.3 Å². The number of hydrogen-bond donors (Lipinski definition) is 2. The maximum absolute atomic E-state index is 8.55. The lowest BCUT2D eigenvalue weighted by atomic mass is 10.1. The van der Waals surface area contributed by atoms with E-state index in [1.807, 2.05) is 36.4 Å². The summed E-state index contributed by atoms with van der Waals surface area (Å²) in [4.78, 5) is 8.64. The Hall–Kier alpha value is -3.59. The average molecular weight is 346 g/mol. The van der Waals surface area contributed by atoms with Crippen molar-refractivity contribution >= 4 is 22.8 Å². The predicted octanol–water partition coefficient (Wildman–Crippen LogP) is 3.30. The third-order valence-electron chi connectivity index (χ3n) is 3.70. The Kier molecular flexibility index (Phi) is 5.63. The van der Waals surface area contributed by atoms with E-state index in [-0.39, 0.29) is 0 Å². The highest BCUT2D eigenvalue weighted by Gasteiger charge is 2.05. The summed E-state index contributed by atoms with van der Waals surface area (Å²) >= 11 is 0. The van der Waals surface area contributed by atoms with Gasteiger partial charge in [-0.25, -0.2) is 4.98 Å². The fraction of sp³-hybridized carbons (Fsp3) is 0.150. The summed E-state index contributed by atoms with van der Waals surface area (Å²) in [5.41, 5.74) is 3.03. The molecule has 0 unspecified atom stereocenters. The first-order valence-electron chi connectivity index (χ1n) is 8.11. The Labute approximate surface area is 151 Å². The van der Waals surface area contributed by atoms with Crippen LogP contribution in [0.25, 0.3) is 10.9 Å². The van der Waals surface area contributed by atoms with Crippen molar-refractivity contribution in [1.82, 2.24) is 9.97 Å². The van der Waals surface area contributed by atoms with Crippen LogP contribution in [0.15, 0.2) is 53.8 Å². The van der Waals surface area contributed by atoms with Gasteiger partial charge in [0.2, 0.25) is 0 Å². The Morgan fingerprint density at radius 1 is 1.23 bits per heavy atom. The molecule has 0 atom stereocenters. The number of ether oxygens (including phenoxy) is 1. The molecule has 0 aliphatic carbocycles. The fourth-order valence-corrected chi connectivity index (χ4v) is 2.53. The van der Waals surface area contributed by atoms with Gasteiger partial charge in [-0.3, -0.25) is 4.98 Å². The topological polar surface area (TPSA) is 79.6 Å². The highest BCUT2D eigenvalue weighted by atomic mass is 16.5. The second-order valence-electron chi connectivity index (χ2n) is 5.39. The quantitative estimate of drug-likeness (QED) is 0.244. The van der Waals surface area contributed by atoms with Gasteiger partial charge in [-0.05, 0) is 30.2 Å². The van der Waals surface area contributed by atoms with Gasteiger partial charge in [-0.1, -0.05) is 29.3 Å². The maximum atomic E-state index is 8.55. The van der Waals surface area contributed by atoms with Gasteiger partial charge in [0.25, 0.3) is 0 Å². The lowest BCUT2D eigenvalue weighted by Crippen LogP contribution is -2.01. The Bertz CT molecular complexity index is 990. The average Bonchev–Trinajstić information content (AvgIpc) is 2.68. The molecule has 0 spiro atoms. The van der Waals surface area contributed by atoms with Gasteiger partial charge in [-0.2, -0.15) is 0 Å². The summed E-state index contributed by atoms with van der Waals surface area (Å²) in [6.07, 6.45) is 3.69. The van der Waals surface area contributed by atoms with E-state index in [0.29, 0.717) is 24.4 Å². The summed E-state index contributed by atoms with van der Waals surface area (Å²) < 4.78 is 5.36. The van der Waals surface area contributed by atoms with Crippen LogP contribution in [0.3, 0.4) is 0 Å². The number of hydrogen-bond acceptors (Lipinski definition) is 6. The zero-order valence-corrected chi connectivity index (χ0v) is 14.3. The summed E-state index contributed by atoms with van der Waals surface area (Å²) in [5.74, 6) is 6.85. The second-order valence-corrected chi connectivity index (χ2v) is 5.39. The van der Waals surface area contributed by atoms with Crippen LogP contribution < -0.4 is 10.1 Å². The fourth-order valence-electron chi connectivity index (χ4n) is 2.53. The lowest BCUT2D eigenvalue weighted by Gasteiger charge is -2.10. The summed E-state index contributed by atoms with van der Waals surface area (Å²) in [7, 11) is 1.64. The molecule has 2 aromatic heterocycles. The zero-order chi connectivity index (χ0) is 18.2. The Morgan fingerprint density at radius 3 is 2.96 bits per heavy atom. The van der Waals surface area contributed by atoms with E-state index < -0.39 is 0 Å². The van der Waals surface area contributed by atoms with Crippen LogP contribution in [0, 0.1) is 11.8 Å². The van der Waals surface area contributed by atoms with E-state index in [9.17, 15) is 0 Å². The molecule has 2 heterocycles.